The van der Waals surface area contributed by atoms with Crippen LogP contribution in [0.1, 0.15) is 29.2 Å². The first-order chi connectivity index (χ1) is 15.2. The van der Waals surface area contributed by atoms with E-state index >= 15 is 0 Å². The molecule has 0 fully saturated rings. The van der Waals surface area contributed by atoms with E-state index in [2.05, 4.69) is 36.7 Å². The number of benzene rings is 3. The van der Waals surface area contributed by atoms with E-state index in [1.54, 1.807) is 6.07 Å². The summed E-state index contributed by atoms with van der Waals surface area (Å²) in [5, 5.41) is 13.7. The van der Waals surface area contributed by atoms with E-state index < -0.39 is 0 Å². The molecule has 160 valence electrons. The van der Waals surface area contributed by atoms with Crippen LogP contribution in [0.15, 0.2) is 92.0 Å². The predicted octanol–water partition coefficient (Wildman–Crippen LogP) is 6.25. The molecule has 0 aliphatic carbocycles. The first-order valence-corrected chi connectivity index (χ1v) is 10.7. The molecule has 0 radical (unpaired) electrons. The van der Waals surface area contributed by atoms with Crippen LogP contribution in [-0.2, 0) is 12.8 Å². The molecule has 1 unspecified atom stereocenters. The Hall–Kier alpha value is -3.30. The number of nitrogens with one attached hydrogen (secondary N) is 1. The van der Waals surface area contributed by atoms with Crippen molar-refractivity contribution < 1.29 is 9.84 Å². The summed E-state index contributed by atoms with van der Waals surface area (Å²) in [7, 11) is 1.95. The fraction of sp³-hybridized carbons (Fsp3) is 0.214. The van der Waals surface area contributed by atoms with E-state index in [-0.39, 0.29) is 11.9 Å². The zero-order valence-corrected chi connectivity index (χ0v) is 18.2. The lowest BCUT2D eigenvalue weighted by Crippen LogP contribution is -2.16. The van der Waals surface area contributed by atoms with Crippen LogP contribution < -0.4 is 10.1 Å². The van der Waals surface area contributed by atoms with Gasteiger partial charge in [0.1, 0.15) is 17.6 Å². The fourth-order valence-corrected chi connectivity index (χ4v) is 3.68. The number of phenolic OH excluding ortho intramolecular Hbond substituents is 1. The molecule has 0 heterocycles. The highest BCUT2D eigenvalue weighted by Crippen LogP contribution is 2.35. The summed E-state index contributed by atoms with van der Waals surface area (Å²) in [6.45, 7) is 8.59. The Balaban J connectivity index is 1.95. The fourth-order valence-electron chi connectivity index (χ4n) is 3.68. The van der Waals surface area contributed by atoms with E-state index in [0.717, 1.165) is 53.0 Å². The van der Waals surface area contributed by atoms with Crippen molar-refractivity contribution in [3.05, 3.63) is 109 Å². The minimum atomic E-state index is -0.0487. The quantitative estimate of drug-likeness (QED) is 0.365. The second-order valence-electron chi connectivity index (χ2n) is 7.57. The maximum Gasteiger partial charge on any atom is 0.125 e. The Labute approximate surface area is 185 Å². The topological polar surface area (TPSA) is 41.5 Å². The third kappa shape index (κ3) is 5.87. The van der Waals surface area contributed by atoms with Gasteiger partial charge in [-0.25, -0.2) is 0 Å². The molecule has 0 saturated carbocycles. The average molecular weight is 414 g/mol. The molecule has 3 aromatic rings. The number of hydrogen-bond acceptors (Lipinski definition) is 3. The SMILES string of the molecule is C=CCc1ccc(O)c(-c2ccc(OC(CCNC)c3ccccc3)c(CC=C)c2)c1. The van der Waals surface area contributed by atoms with Crippen LogP contribution in [0.5, 0.6) is 11.5 Å². The molecule has 0 bridgehead atoms. The van der Waals surface area contributed by atoms with Gasteiger partial charge in [0, 0.05) is 12.0 Å². The van der Waals surface area contributed by atoms with Crippen molar-refractivity contribution in [3.8, 4) is 22.6 Å². The minimum Gasteiger partial charge on any atom is -0.507 e. The molecule has 0 aromatic heterocycles. The van der Waals surface area contributed by atoms with Gasteiger partial charge in [0.05, 0.1) is 0 Å². The highest BCUT2D eigenvalue weighted by molar-refractivity contribution is 5.72. The van der Waals surface area contributed by atoms with Gasteiger partial charge in [-0.15, -0.1) is 13.2 Å². The lowest BCUT2D eigenvalue weighted by molar-refractivity contribution is 0.193. The summed E-state index contributed by atoms with van der Waals surface area (Å²) >= 11 is 0. The minimum absolute atomic E-state index is 0.0487. The number of ether oxygens (including phenoxy) is 1. The first kappa shape index (κ1) is 22.4. The first-order valence-electron chi connectivity index (χ1n) is 10.7. The number of rotatable bonds is 11. The maximum absolute atomic E-state index is 10.5. The van der Waals surface area contributed by atoms with Gasteiger partial charge in [-0.1, -0.05) is 54.6 Å². The normalized spacial score (nSPS) is 11.6. The highest BCUT2D eigenvalue weighted by atomic mass is 16.5. The van der Waals surface area contributed by atoms with Crippen molar-refractivity contribution in [2.24, 2.45) is 0 Å². The number of phenols is 1. The third-order valence-electron chi connectivity index (χ3n) is 5.27. The van der Waals surface area contributed by atoms with Gasteiger partial charge in [-0.3, -0.25) is 0 Å². The molecule has 3 rings (SSSR count). The van der Waals surface area contributed by atoms with Gasteiger partial charge in [0.25, 0.3) is 0 Å². The van der Waals surface area contributed by atoms with Gasteiger partial charge in [-0.2, -0.15) is 0 Å². The molecule has 2 N–H and O–H groups in total. The smallest absolute Gasteiger partial charge is 0.125 e. The van der Waals surface area contributed by atoms with Crippen LogP contribution in [0, 0.1) is 0 Å². The van der Waals surface area contributed by atoms with Crippen LogP contribution in [0.3, 0.4) is 0 Å². The van der Waals surface area contributed by atoms with Crippen LogP contribution in [0.2, 0.25) is 0 Å². The van der Waals surface area contributed by atoms with Crippen LogP contribution in [0.25, 0.3) is 11.1 Å². The molecule has 0 saturated heterocycles. The van der Waals surface area contributed by atoms with Gasteiger partial charge in [0.2, 0.25) is 0 Å². The largest absolute Gasteiger partial charge is 0.507 e. The zero-order chi connectivity index (χ0) is 22.1. The van der Waals surface area contributed by atoms with E-state index in [4.69, 9.17) is 4.74 Å². The van der Waals surface area contributed by atoms with Crippen molar-refractivity contribution in [2.75, 3.05) is 13.6 Å². The standard InChI is InChI=1S/C28H31NO2/c1-4-9-21-13-15-26(30)25(19-21)23-14-16-27(24(20-23)10-5-2)31-28(17-18-29-3)22-11-7-6-8-12-22/h4-8,11-16,19-20,28-30H,1-2,9-10,17-18H2,3H3. The molecule has 3 heteroatoms. The Bertz CT molecular complexity index is 1010. The number of allylic oxidation sites excluding steroid dienone is 2. The second kappa shape index (κ2) is 11.2. The van der Waals surface area contributed by atoms with Gasteiger partial charge in [0.15, 0.2) is 0 Å². The summed E-state index contributed by atoms with van der Waals surface area (Å²) in [4.78, 5) is 0. The lowest BCUT2D eigenvalue weighted by Gasteiger charge is -2.22. The van der Waals surface area contributed by atoms with Crippen molar-refractivity contribution >= 4 is 0 Å². The molecule has 0 amide bonds. The van der Waals surface area contributed by atoms with Crippen molar-refractivity contribution in [2.45, 2.75) is 25.4 Å². The molecule has 3 aromatic carbocycles. The van der Waals surface area contributed by atoms with E-state index in [9.17, 15) is 5.11 Å². The van der Waals surface area contributed by atoms with Crippen LogP contribution in [0.4, 0.5) is 0 Å². The summed E-state index contributed by atoms with van der Waals surface area (Å²) < 4.78 is 6.51. The summed E-state index contributed by atoms with van der Waals surface area (Å²) in [5.74, 6) is 1.11. The summed E-state index contributed by atoms with van der Waals surface area (Å²) in [6, 6.07) is 22.1. The van der Waals surface area contributed by atoms with Gasteiger partial charge in [-0.05, 0) is 73.0 Å². The predicted molar refractivity (Wildman–Crippen MR) is 130 cm³/mol. The molecular weight excluding hydrogens is 382 g/mol. The number of aromatic hydroxyl groups is 1. The van der Waals surface area contributed by atoms with Gasteiger partial charge >= 0.3 is 0 Å². The maximum atomic E-state index is 10.5. The molecule has 0 aliphatic rings. The van der Waals surface area contributed by atoms with Crippen molar-refractivity contribution in [1.82, 2.24) is 5.32 Å². The van der Waals surface area contributed by atoms with E-state index in [1.807, 2.05) is 61.7 Å². The van der Waals surface area contributed by atoms with E-state index in [1.165, 1.54) is 0 Å². The Morgan fingerprint density at radius 1 is 0.968 bits per heavy atom. The lowest BCUT2D eigenvalue weighted by atomic mass is 9.97. The third-order valence-corrected chi connectivity index (χ3v) is 5.27. The monoisotopic (exact) mass is 413 g/mol. The molecule has 1 atom stereocenters. The van der Waals surface area contributed by atoms with Crippen LogP contribution in [-0.4, -0.2) is 18.7 Å². The van der Waals surface area contributed by atoms with Gasteiger partial charge < -0.3 is 15.2 Å². The zero-order valence-electron chi connectivity index (χ0n) is 18.2. The molecule has 31 heavy (non-hydrogen) atoms. The summed E-state index contributed by atoms with van der Waals surface area (Å²) in [5.41, 5.74) is 5.09. The summed E-state index contributed by atoms with van der Waals surface area (Å²) in [6.07, 6.45) is 6.01. The molecule has 3 nitrogen and oxygen atoms in total. The Morgan fingerprint density at radius 2 is 1.74 bits per heavy atom. The Kier molecular flexibility index (Phi) is 8.08. The van der Waals surface area contributed by atoms with Crippen LogP contribution >= 0.6 is 0 Å². The second-order valence-corrected chi connectivity index (χ2v) is 7.57. The van der Waals surface area contributed by atoms with E-state index in [0.29, 0.717) is 6.42 Å². The van der Waals surface area contributed by atoms with Crippen molar-refractivity contribution in [1.29, 1.82) is 0 Å². The highest BCUT2D eigenvalue weighted by Gasteiger charge is 2.16. The number of hydrogen-bond donors (Lipinski definition) is 2. The van der Waals surface area contributed by atoms with Crippen molar-refractivity contribution in [3.63, 3.8) is 0 Å². The molecule has 0 spiro atoms. The average Bonchev–Trinajstić information content (AvgIpc) is 2.79. The molecular formula is C28H31NO2. The Morgan fingerprint density at radius 3 is 2.45 bits per heavy atom. The molecule has 0 aliphatic heterocycles.